The predicted octanol–water partition coefficient (Wildman–Crippen LogP) is 2.15. The average Bonchev–Trinajstić information content (AvgIpc) is 3.17. The molecule has 0 atom stereocenters. The van der Waals surface area contributed by atoms with Crippen molar-refractivity contribution in [3.63, 3.8) is 0 Å². The second kappa shape index (κ2) is 6.08. The Kier molecular flexibility index (Phi) is 3.98. The van der Waals surface area contributed by atoms with Crippen LogP contribution in [-0.4, -0.2) is 21.0 Å². The number of aromatic nitrogens is 3. The number of nitrogens with zero attached hydrogens (tertiary/aromatic N) is 3. The first kappa shape index (κ1) is 15.0. The Morgan fingerprint density at radius 1 is 1.39 bits per heavy atom. The molecule has 0 aliphatic heterocycles. The summed E-state index contributed by atoms with van der Waals surface area (Å²) in [5.41, 5.74) is 4.06. The number of benzene rings is 1. The van der Waals surface area contributed by atoms with Crippen molar-refractivity contribution in [1.82, 2.24) is 15.1 Å². The molecule has 3 aromatic rings. The monoisotopic (exact) mass is 338 g/mol. The van der Waals surface area contributed by atoms with E-state index in [1.54, 1.807) is 11.6 Å². The molecule has 0 fully saturated rings. The number of amides is 1. The van der Waals surface area contributed by atoms with E-state index in [4.69, 9.17) is 15.0 Å². The van der Waals surface area contributed by atoms with Crippen molar-refractivity contribution in [2.24, 2.45) is 5.73 Å². The van der Waals surface area contributed by atoms with E-state index in [0.717, 1.165) is 12.1 Å². The largest absolute Gasteiger partial charge is 0.481 e. The van der Waals surface area contributed by atoms with E-state index in [1.165, 1.54) is 11.3 Å². The lowest BCUT2D eigenvalue weighted by Crippen LogP contribution is -2.16. The quantitative estimate of drug-likeness (QED) is 0.764. The van der Waals surface area contributed by atoms with Gasteiger partial charge in [0.15, 0.2) is 23.2 Å². The molecule has 0 aliphatic rings. The van der Waals surface area contributed by atoms with E-state index in [9.17, 15) is 13.6 Å². The first-order valence-electron chi connectivity index (χ1n) is 6.19. The third-order valence-corrected chi connectivity index (χ3v) is 3.51. The number of thiazole rings is 1. The third-order valence-electron chi connectivity index (χ3n) is 2.74. The molecule has 2 heterocycles. The summed E-state index contributed by atoms with van der Waals surface area (Å²) in [4.78, 5) is 19.1. The lowest BCUT2D eigenvalue weighted by molar-refractivity contribution is 0.0991. The van der Waals surface area contributed by atoms with Crippen molar-refractivity contribution in [3.05, 3.63) is 46.8 Å². The summed E-state index contributed by atoms with van der Waals surface area (Å²) in [5, 5.41) is 6.02. The molecule has 0 aliphatic carbocycles. The van der Waals surface area contributed by atoms with Gasteiger partial charge < -0.3 is 15.0 Å². The Balaban J connectivity index is 1.76. The van der Waals surface area contributed by atoms with Gasteiger partial charge >= 0.3 is 0 Å². The van der Waals surface area contributed by atoms with Crippen LogP contribution in [0.15, 0.2) is 28.2 Å². The third kappa shape index (κ3) is 3.01. The molecule has 23 heavy (non-hydrogen) atoms. The Morgan fingerprint density at radius 3 is 2.91 bits per heavy atom. The number of carbonyl (C=O) groups is 1. The zero-order valence-electron chi connectivity index (χ0n) is 11.3. The molecule has 0 saturated heterocycles. The van der Waals surface area contributed by atoms with E-state index in [1.807, 2.05) is 0 Å². The molecule has 1 amide bonds. The Morgan fingerprint density at radius 2 is 2.22 bits per heavy atom. The fourth-order valence-corrected chi connectivity index (χ4v) is 2.31. The van der Waals surface area contributed by atoms with Gasteiger partial charge in [0.1, 0.15) is 11.4 Å². The van der Waals surface area contributed by atoms with Gasteiger partial charge in [0.2, 0.25) is 5.82 Å². The van der Waals surface area contributed by atoms with Crippen LogP contribution in [-0.2, 0) is 6.61 Å². The van der Waals surface area contributed by atoms with Gasteiger partial charge in [-0.05, 0) is 12.1 Å². The van der Waals surface area contributed by atoms with Crippen molar-refractivity contribution in [2.45, 2.75) is 6.61 Å². The minimum atomic E-state index is -1.23. The molecule has 2 aromatic heterocycles. The maximum atomic E-state index is 14.0. The second-order valence-electron chi connectivity index (χ2n) is 4.24. The summed E-state index contributed by atoms with van der Waals surface area (Å²) < 4.78 is 37.4. The Hall–Kier alpha value is -2.88. The summed E-state index contributed by atoms with van der Waals surface area (Å²) in [7, 11) is 0. The molecule has 0 spiro atoms. The fourth-order valence-electron chi connectivity index (χ4n) is 1.74. The molecule has 0 radical (unpaired) electrons. The normalized spacial score (nSPS) is 10.7. The minimum absolute atomic E-state index is 0.0690. The van der Waals surface area contributed by atoms with Crippen LogP contribution in [0.3, 0.4) is 0 Å². The van der Waals surface area contributed by atoms with E-state index in [2.05, 4.69) is 15.1 Å². The maximum Gasteiger partial charge on any atom is 0.264 e. The highest BCUT2D eigenvalue weighted by molar-refractivity contribution is 7.12. The Labute approximate surface area is 131 Å². The van der Waals surface area contributed by atoms with Gasteiger partial charge in [0, 0.05) is 11.6 Å². The lowest BCUT2D eigenvalue weighted by atomic mass is 10.1. The molecular weight excluding hydrogens is 330 g/mol. The lowest BCUT2D eigenvalue weighted by Gasteiger charge is -2.07. The molecule has 118 valence electrons. The van der Waals surface area contributed by atoms with Gasteiger partial charge in [-0.15, -0.1) is 11.3 Å². The Bertz CT molecular complexity index is 851. The van der Waals surface area contributed by atoms with Crippen molar-refractivity contribution < 1.29 is 22.8 Å². The topological polar surface area (TPSA) is 104 Å². The zero-order chi connectivity index (χ0) is 16.4. The zero-order valence-corrected chi connectivity index (χ0v) is 12.1. The van der Waals surface area contributed by atoms with Crippen LogP contribution in [0.1, 0.15) is 16.2 Å². The SMILES string of the molecule is NC(=O)c1c(F)ccc(OCc2nc(-c3nccs3)no2)c1F. The predicted molar refractivity (Wildman–Crippen MR) is 74.6 cm³/mol. The molecule has 2 N–H and O–H groups in total. The molecule has 7 nitrogen and oxygen atoms in total. The standard InChI is InChI=1S/C13H8F2N4O3S/c14-6-1-2-7(10(15)9(6)11(16)20)21-5-8-18-12(19-22-8)13-17-3-4-23-13/h1-4H,5H2,(H2,16,20). The average molecular weight is 338 g/mol. The molecular formula is C13H8F2N4O3S. The van der Waals surface area contributed by atoms with Crippen molar-refractivity contribution in [2.75, 3.05) is 0 Å². The van der Waals surface area contributed by atoms with E-state index < -0.39 is 23.1 Å². The summed E-state index contributed by atoms with van der Waals surface area (Å²) >= 11 is 1.32. The first-order valence-corrected chi connectivity index (χ1v) is 7.07. The molecule has 3 rings (SSSR count). The van der Waals surface area contributed by atoms with Gasteiger partial charge in [0.05, 0.1) is 0 Å². The van der Waals surface area contributed by atoms with Crippen molar-refractivity contribution in [3.8, 4) is 16.6 Å². The number of primary amides is 1. The minimum Gasteiger partial charge on any atom is -0.481 e. The number of hydrogen-bond acceptors (Lipinski definition) is 7. The number of halogens is 2. The number of carbonyl (C=O) groups excluding carboxylic acids is 1. The molecule has 0 bridgehead atoms. The van der Waals surface area contributed by atoms with Gasteiger partial charge in [-0.2, -0.15) is 4.98 Å². The van der Waals surface area contributed by atoms with Gasteiger partial charge in [0.25, 0.3) is 11.8 Å². The number of nitrogens with two attached hydrogens (primary N) is 1. The summed E-state index contributed by atoms with van der Waals surface area (Å²) in [5.74, 6) is -3.48. The number of rotatable bonds is 5. The summed E-state index contributed by atoms with van der Waals surface area (Å²) in [6.07, 6.45) is 1.59. The van der Waals surface area contributed by atoms with Crippen molar-refractivity contribution in [1.29, 1.82) is 0 Å². The fraction of sp³-hybridized carbons (Fsp3) is 0.0769. The molecule has 0 saturated carbocycles. The number of hydrogen-bond donors (Lipinski definition) is 1. The van der Waals surface area contributed by atoms with Crippen molar-refractivity contribution >= 4 is 17.2 Å². The van der Waals surface area contributed by atoms with Crippen LogP contribution in [0.25, 0.3) is 10.8 Å². The van der Waals surface area contributed by atoms with Gasteiger partial charge in [-0.25, -0.2) is 13.8 Å². The highest BCUT2D eigenvalue weighted by Gasteiger charge is 2.20. The molecule has 0 unspecified atom stereocenters. The van der Waals surface area contributed by atoms with Crippen LogP contribution in [0.2, 0.25) is 0 Å². The van der Waals surface area contributed by atoms with Crippen LogP contribution >= 0.6 is 11.3 Å². The highest BCUT2D eigenvalue weighted by atomic mass is 32.1. The van der Waals surface area contributed by atoms with E-state index >= 15 is 0 Å². The van der Waals surface area contributed by atoms with E-state index in [-0.39, 0.29) is 24.1 Å². The van der Waals surface area contributed by atoms with Gasteiger partial charge in [-0.1, -0.05) is 5.16 Å². The van der Waals surface area contributed by atoms with Crippen LogP contribution in [0, 0.1) is 11.6 Å². The maximum absolute atomic E-state index is 14.0. The van der Waals surface area contributed by atoms with Crippen LogP contribution in [0.5, 0.6) is 5.75 Å². The van der Waals surface area contributed by atoms with Crippen LogP contribution in [0.4, 0.5) is 8.78 Å². The van der Waals surface area contributed by atoms with Crippen LogP contribution < -0.4 is 10.5 Å². The van der Waals surface area contributed by atoms with E-state index in [0.29, 0.717) is 5.01 Å². The summed E-state index contributed by atoms with van der Waals surface area (Å²) in [6.45, 7) is -0.265. The molecule has 1 aromatic carbocycles. The van der Waals surface area contributed by atoms with Gasteiger partial charge in [-0.3, -0.25) is 4.79 Å². The summed E-state index contributed by atoms with van der Waals surface area (Å²) in [6, 6.07) is 1.92. The molecule has 10 heteroatoms. The smallest absolute Gasteiger partial charge is 0.264 e. The first-order chi connectivity index (χ1) is 11.1. The number of ether oxygens (including phenoxy) is 1. The second-order valence-corrected chi connectivity index (χ2v) is 5.13. The highest BCUT2D eigenvalue weighted by Crippen LogP contribution is 2.24.